The number of fused-ring (bicyclic) bond motifs is 1. The minimum absolute atomic E-state index is 0.0346. The van der Waals surface area contributed by atoms with E-state index in [1.807, 2.05) is 37.3 Å². The fourth-order valence-corrected chi connectivity index (χ4v) is 7.23. The fraction of sp³-hybridized carbons (Fsp3) is 0.594. The van der Waals surface area contributed by atoms with Gasteiger partial charge in [0, 0.05) is 13.1 Å². The maximum atomic E-state index is 14.5. The first-order chi connectivity index (χ1) is 19.3. The summed E-state index contributed by atoms with van der Waals surface area (Å²) in [7, 11) is 0. The van der Waals surface area contributed by atoms with Crippen molar-refractivity contribution in [1.29, 1.82) is 0 Å². The van der Waals surface area contributed by atoms with Crippen molar-refractivity contribution in [2.45, 2.75) is 82.1 Å². The van der Waals surface area contributed by atoms with Gasteiger partial charge in [-0.25, -0.2) is 0 Å². The Balaban J connectivity index is 1.80. The van der Waals surface area contributed by atoms with E-state index in [0.717, 1.165) is 24.8 Å². The number of benzene rings is 1. The molecule has 3 heterocycles. The SMILES string of the molecule is C=CCOC(=O)[C@@H]1[C@H]2C(=O)N([C@@H](CO)Cc3ccccc3)C(C(=O)N(CC=C)CCCCC)C23CC[C@@]1(CC)O3. The lowest BCUT2D eigenvalue weighted by atomic mass is 9.65. The number of hydrogen-bond acceptors (Lipinski definition) is 6. The van der Waals surface area contributed by atoms with Gasteiger partial charge in [0.15, 0.2) is 0 Å². The summed E-state index contributed by atoms with van der Waals surface area (Å²) >= 11 is 0. The normalized spacial score (nSPS) is 29.2. The molecule has 3 saturated heterocycles. The van der Waals surface area contributed by atoms with Crippen molar-refractivity contribution >= 4 is 17.8 Å². The molecule has 1 spiro atoms. The van der Waals surface area contributed by atoms with Gasteiger partial charge in [0.1, 0.15) is 24.2 Å². The number of carbonyl (C=O) groups is 3. The molecule has 2 unspecified atom stereocenters. The summed E-state index contributed by atoms with van der Waals surface area (Å²) in [6.07, 6.45) is 7.94. The molecule has 0 radical (unpaired) electrons. The zero-order chi connectivity index (χ0) is 28.9. The van der Waals surface area contributed by atoms with Gasteiger partial charge in [-0.05, 0) is 37.7 Å². The molecule has 2 bridgehead atoms. The number of esters is 1. The third-order valence-electron chi connectivity index (χ3n) is 9.06. The van der Waals surface area contributed by atoms with Gasteiger partial charge < -0.3 is 24.4 Å². The second-order valence-electron chi connectivity index (χ2n) is 11.3. The van der Waals surface area contributed by atoms with E-state index in [2.05, 4.69) is 20.1 Å². The number of nitrogens with zero attached hydrogens (tertiary/aromatic N) is 2. The van der Waals surface area contributed by atoms with Crippen LogP contribution in [-0.4, -0.2) is 82.3 Å². The third kappa shape index (κ3) is 5.12. The molecule has 218 valence electrons. The highest BCUT2D eigenvalue weighted by Crippen LogP contribution is 2.64. The topological polar surface area (TPSA) is 96.4 Å². The Morgan fingerprint density at radius 3 is 2.58 bits per heavy atom. The van der Waals surface area contributed by atoms with Gasteiger partial charge in [0.25, 0.3) is 0 Å². The maximum Gasteiger partial charge on any atom is 0.313 e. The van der Waals surface area contributed by atoms with Crippen LogP contribution in [0.1, 0.15) is 57.9 Å². The van der Waals surface area contributed by atoms with Gasteiger partial charge in [0.05, 0.1) is 24.2 Å². The highest BCUT2D eigenvalue weighted by Gasteiger charge is 2.79. The molecule has 40 heavy (non-hydrogen) atoms. The Morgan fingerprint density at radius 2 is 1.95 bits per heavy atom. The van der Waals surface area contributed by atoms with Crippen molar-refractivity contribution in [3.05, 3.63) is 61.2 Å². The maximum absolute atomic E-state index is 14.5. The molecule has 3 aliphatic heterocycles. The van der Waals surface area contributed by atoms with Crippen molar-refractivity contribution in [3.8, 4) is 0 Å². The molecule has 2 amide bonds. The lowest BCUT2D eigenvalue weighted by Crippen LogP contribution is -2.59. The first kappa shape index (κ1) is 30.0. The second-order valence-corrected chi connectivity index (χ2v) is 11.3. The van der Waals surface area contributed by atoms with Gasteiger partial charge in [-0.15, -0.1) is 6.58 Å². The lowest BCUT2D eigenvalue weighted by molar-refractivity contribution is -0.162. The number of rotatable bonds is 15. The van der Waals surface area contributed by atoms with Gasteiger partial charge in [0.2, 0.25) is 11.8 Å². The molecule has 3 fully saturated rings. The van der Waals surface area contributed by atoms with Crippen LogP contribution in [0.3, 0.4) is 0 Å². The molecule has 3 aliphatic rings. The summed E-state index contributed by atoms with van der Waals surface area (Å²) in [5, 5.41) is 10.6. The van der Waals surface area contributed by atoms with Gasteiger partial charge >= 0.3 is 5.97 Å². The zero-order valence-corrected chi connectivity index (χ0v) is 23.9. The summed E-state index contributed by atoms with van der Waals surface area (Å²) in [6.45, 7) is 12.2. The second kappa shape index (κ2) is 12.7. The third-order valence-corrected chi connectivity index (χ3v) is 9.06. The monoisotopic (exact) mass is 552 g/mol. The number of hydrogen-bond donors (Lipinski definition) is 1. The smallest absolute Gasteiger partial charge is 0.313 e. The number of unbranched alkanes of at least 4 members (excludes halogenated alkanes) is 2. The van der Waals surface area contributed by atoms with Crippen LogP contribution in [0.4, 0.5) is 0 Å². The Morgan fingerprint density at radius 1 is 1.20 bits per heavy atom. The van der Waals surface area contributed by atoms with Crippen LogP contribution < -0.4 is 0 Å². The number of aliphatic hydroxyl groups excluding tert-OH is 1. The predicted molar refractivity (Wildman–Crippen MR) is 152 cm³/mol. The molecular weight excluding hydrogens is 508 g/mol. The van der Waals surface area contributed by atoms with Crippen LogP contribution in [-0.2, 0) is 30.3 Å². The Bertz CT molecular complexity index is 1090. The highest BCUT2D eigenvalue weighted by molar-refractivity contribution is 5.98. The van der Waals surface area contributed by atoms with Gasteiger partial charge in [-0.2, -0.15) is 0 Å². The molecule has 6 atom stereocenters. The van der Waals surface area contributed by atoms with Crippen LogP contribution in [0.2, 0.25) is 0 Å². The molecule has 8 heteroatoms. The van der Waals surface area contributed by atoms with E-state index in [9.17, 15) is 19.5 Å². The van der Waals surface area contributed by atoms with E-state index in [-0.39, 0.29) is 25.0 Å². The number of likely N-dealkylation sites (tertiary alicyclic amines) is 1. The first-order valence-corrected chi connectivity index (χ1v) is 14.7. The number of aliphatic hydroxyl groups is 1. The van der Waals surface area contributed by atoms with Crippen LogP contribution in [0.25, 0.3) is 0 Å². The molecule has 1 aromatic rings. The summed E-state index contributed by atoms with van der Waals surface area (Å²) in [5.74, 6) is -2.73. The van der Waals surface area contributed by atoms with Crippen molar-refractivity contribution in [3.63, 3.8) is 0 Å². The average molecular weight is 553 g/mol. The highest BCUT2D eigenvalue weighted by atomic mass is 16.6. The van der Waals surface area contributed by atoms with Crippen LogP contribution in [0.15, 0.2) is 55.6 Å². The van der Waals surface area contributed by atoms with Crippen molar-refractivity contribution in [2.24, 2.45) is 11.8 Å². The molecule has 0 saturated carbocycles. The van der Waals surface area contributed by atoms with Gasteiger partial charge in [-0.1, -0.05) is 75.8 Å². The molecule has 1 N–H and O–H groups in total. The van der Waals surface area contributed by atoms with Gasteiger partial charge in [-0.3, -0.25) is 14.4 Å². The Kier molecular flexibility index (Phi) is 9.52. The molecule has 0 aliphatic carbocycles. The summed E-state index contributed by atoms with van der Waals surface area (Å²) in [4.78, 5) is 45.8. The number of amides is 2. The van der Waals surface area contributed by atoms with Crippen molar-refractivity contribution in [2.75, 3.05) is 26.3 Å². The minimum atomic E-state index is -1.17. The summed E-state index contributed by atoms with van der Waals surface area (Å²) in [5.41, 5.74) is -1.10. The molecular formula is C32H44N2O6. The summed E-state index contributed by atoms with van der Waals surface area (Å²) < 4.78 is 12.3. The molecule has 1 aromatic carbocycles. The molecule has 8 nitrogen and oxygen atoms in total. The lowest BCUT2D eigenvalue weighted by Gasteiger charge is -2.39. The largest absolute Gasteiger partial charge is 0.461 e. The predicted octanol–water partition coefficient (Wildman–Crippen LogP) is 3.68. The summed E-state index contributed by atoms with van der Waals surface area (Å²) in [6, 6.07) is 8.00. The molecule has 4 rings (SSSR count). The van der Waals surface area contributed by atoms with Crippen LogP contribution in [0, 0.1) is 11.8 Å². The standard InChI is InChI=1S/C32H44N2O6/c1-5-9-13-19-33(18-6-2)29(37)27-32-17-16-31(8-4,40-32)26(30(38)39-20-7-3)25(32)28(36)34(27)24(22-35)21-23-14-11-10-12-15-23/h6-7,10-12,14-15,24-27,35H,2-3,5,8-9,13,16-22H2,1,4H3/t24-,25+,26+,27?,31-,32?/m1/s1. The minimum Gasteiger partial charge on any atom is -0.461 e. The van der Waals surface area contributed by atoms with Crippen molar-refractivity contribution in [1.82, 2.24) is 9.80 Å². The average Bonchev–Trinajstić information content (AvgIpc) is 3.58. The Labute approximate surface area is 238 Å². The van der Waals surface area contributed by atoms with E-state index < -0.39 is 41.1 Å². The van der Waals surface area contributed by atoms with E-state index >= 15 is 0 Å². The van der Waals surface area contributed by atoms with Crippen molar-refractivity contribution < 1.29 is 29.0 Å². The fourth-order valence-electron chi connectivity index (χ4n) is 7.23. The van der Waals surface area contributed by atoms with E-state index in [0.29, 0.717) is 38.8 Å². The van der Waals surface area contributed by atoms with Crippen LogP contribution in [0.5, 0.6) is 0 Å². The quantitative estimate of drug-likeness (QED) is 0.203. The first-order valence-electron chi connectivity index (χ1n) is 14.7. The van der Waals surface area contributed by atoms with Crippen LogP contribution >= 0.6 is 0 Å². The van der Waals surface area contributed by atoms with E-state index in [1.54, 1.807) is 15.9 Å². The Hall–Kier alpha value is -2.97. The van der Waals surface area contributed by atoms with E-state index in [1.165, 1.54) is 6.08 Å². The molecule has 0 aromatic heterocycles. The van der Waals surface area contributed by atoms with E-state index in [4.69, 9.17) is 9.47 Å². The number of ether oxygens (including phenoxy) is 2. The zero-order valence-electron chi connectivity index (χ0n) is 23.9. The number of carbonyl (C=O) groups excluding carboxylic acids is 3.